The number of thiophene rings is 1. The van der Waals surface area contributed by atoms with Crippen LogP contribution in [0.1, 0.15) is 18.4 Å². The lowest BCUT2D eigenvalue weighted by molar-refractivity contribution is -0.147. The molecule has 1 aliphatic heterocycles. The molecule has 2 heterocycles. The van der Waals surface area contributed by atoms with Gasteiger partial charge in [0.25, 0.3) is 0 Å². The van der Waals surface area contributed by atoms with Gasteiger partial charge in [-0.1, -0.05) is 11.6 Å². The van der Waals surface area contributed by atoms with Crippen molar-refractivity contribution in [2.75, 3.05) is 6.54 Å². The number of carboxylic acid groups (broad SMARTS) is 1. The number of rotatable bonds is 3. The third-order valence-electron chi connectivity index (χ3n) is 2.89. The van der Waals surface area contributed by atoms with Gasteiger partial charge in [0.1, 0.15) is 6.04 Å². The average Bonchev–Trinajstić information content (AvgIpc) is 2.87. The lowest BCUT2D eigenvalue weighted by Crippen LogP contribution is -2.41. The highest BCUT2D eigenvalue weighted by Gasteiger charge is 2.33. The minimum absolute atomic E-state index is 0.157. The van der Waals surface area contributed by atoms with Crippen molar-refractivity contribution in [2.45, 2.75) is 25.3 Å². The van der Waals surface area contributed by atoms with Gasteiger partial charge in [-0.2, -0.15) is 0 Å². The summed E-state index contributed by atoms with van der Waals surface area (Å²) in [4.78, 5) is 24.4. The van der Waals surface area contributed by atoms with Crippen LogP contribution in [0, 0.1) is 0 Å². The Labute approximate surface area is 108 Å². The predicted octanol–water partition coefficient (Wildman–Crippen LogP) is 2.02. The van der Waals surface area contributed by atoms with Crippen LogP contribution in [0.3, 0.4) is 0 Å². The number of aliphatic carboxylic acids is 1. The van der Waals surface area contributed by atoms with Crippen LogP contribution in [0.25, 0.3) is 0 Å². The predicted molar refractivity (Wildman–Crippen MR) is 65.4 cm³/mol. The van der Waals surface area contributed by atoms with Gasteiger partial charge in [-0.05, 0) is 29.9 Å². The third-order valence-corrected chi connectivity index (χ3v) is 4.14. The normalized spacial score (nSPS) is 19.6. The lowest BCUT2D eigenvalue weighted by Gasteiger charge is -2.21. The standard InChI is InChI=1S/C11H12ClNO3S/c12-10-7(3-5-17-10)6-9(14)13-4-1-2-8(13)11(15)16/h3,5,8H,1-2,4,6H2,(H,15,16)/t8-/m0/s1. The Bertz CT molecular complexity index is 446. The quantitative estimate of drug-likeness (QED) is 0.917. The van der Waals surface area contributed by atoms with E-state index in [-0.39, 0.29) is 12.3 Å². The fraction of sp³-hybridized carbons (Fsp3) is 0.455. The molecule has 1 aromatic heterocycles. The number of likely N-dealkylation sites (tertiary alicyclic amines) is 1. The van der Waals surface area contributed by atoms with Gasteiger partial charge >= 0.3 is 5.97 Å². The molecule has 0 bridgehead atoms. The van der Waals surface area contributed by atoms with Crippen LogP contribution in [0.5, 0.6) is 0 Å². The van der Waals surface area contributed by atoms with Crippen molar-refractivity contribution in [3.63, 3.8) is 0 Å². The molecule has 1 amide bonds. The maximum atomic E-state index is 12.0. The average molecular weight is 274 g/mol. The first kappa shape index (κ1) is 12.4. The summed E-state index contributed by atoms with van der Waals surface area (Å²) < 4.78 is 0.601. The molecule has 0 spiro atoms. The SMILES string of the molecule is O=C(O)[C@@H]1CCCN1C(=O)Cc1ccsc1Cl. The van der Waals surface area contributed by atoms with E-state index in [1.54, 1.807) is 6.07 Å². The highest BCUT2D eigenvalue weighted by molar-refractivity contribution is 7.14. The highest BCUT2D eigenvalue weighted by atomic mass is 35.5. The van der Waals surface area contributed by atoms with Crippen LogP contribution in [-0.2, 0) is 16.0 Å². The molecule has 17 heavy (non-hydrogen) atoms. The number of carbonyl (C=O) groups excluding carboxylic acids is 1. The van der Waals surface area contributed by atoms with Crippen LogP contribution in [0.2, 0.25) is 4.34 Å². The van der Waals surface area contributed by atoms with E-state index in [1.807, 2.05) is 5.38 Å². The maximum Gasteiger partial charge on any atom is 0.326 e. The first-order valence-corrected chi connectivity index (χ1v) is 6.59. The van der Waals surface area contributed by atoms with E-state index in [0.717, 1.165) is 12.0 Å². The van der Waals surface area contributed by atoms with Crippen molar-refractivity contribution in [2.24, 2.45) is 0 Å². The number of hydrogen-bond donors (Lipinski definition) is 1. The van der Waals surface area contributed by atoms with Gasteiger partial charge in [-0.15, -0.1) is 11.3 Å². The fourth-order valence-electron chi connectivity index (χ4n) is 2.03. The molecule has 1 fully saturated rings. The fourth-order valence-corrected chi connectivity index (χ4v) is 2.96. The van der Waals surface area contributed by atoms with Crippen molar-refractivity contribution in [1.82, 2.24) is 4.90 Å². The summed E-state index contributed by atoms with van der Waals surface area (Å²) in [6, 6.07) is 1.14. The summed E-state index contributed by atoms with van der Waals surface area (Å²) >= 11 is 7.30. The molecule has 0 aliphatic carbocycles. The zero-order valence-electron chi connectivity index (χ0n) is 9.06. The van der Waals surface area contributed by atoms with Crippen LogP contribution >= 0.6 is 22.9 Å². The van der Waals surface area contributed by atoms with Crippen molar-refractivity contribution in [3.8, 4) is 0 Å². The van der Waals surface area contributed by atoms with E-state index < -0.39 is 12.0 Å². The molecule has 0 unspecified atom stereocenters. The second-order valence-corrected chi connectivity index (χ2v) is 5.50. The number of nitrogens with zero attached hydrogens (tertiary/aromatic N) is 1. The summed E-state index contributed by atoms with van der Waals surface area (Å²) in [5.41, 5.74) is 0.776. The van der Waals surface area contributed by atoms with Crippen molar-refractivity contribution in [1.29, 1.82) is 0 Å². The zero-order chi connectivity index (χ0) is 12.4. The number of amides is 1. The molecule has 0 radical (unpaired) electrons. The van der Waals surface area contributed by atoms with Gasteiger partial charge in [0.15, 0.2) is 0 Å². The van der Waals surface area contributed by atoms with Crippen molar-refractivity contribution >= 4 is 34.8 Å². The van der Waals surface area contributed by atoms with E-state index in [4.69, 9.17) is 16.7 Å². The molecule has 1 N–H and O–H groups in total. The molecular weight excluding hydrogens is 262 g/mol. The van der Waals surface area contributed by atoms with Crippen molar-refractivity contribution in [3.05, 3.63) is 21.3 Å². The summed E-state index contributed by atoms with van der Waals surface area (Å²) in [7, 11) is 0. The molecule has 1 atom stereocenters. The van der Waals surface area contributed by atoms with E-state index in [9.17, 15) is 9.59 Å². The van der Waals surface area contributed by atoms with Crippen LogP contribution in [0.15, 0.2) is 11.4 Å². The molecule has 1 aromatic rings. The maximum absolute atomic E-state index is 12.0. The van der Waals surface area contributed by atoms with Gasteiger partial charge in [0.05, 0.1) is 10.8 Å². The van der Waals surface area contributed by atoms with Crippen LogP contribution in [0.4, 0.5) is 0 Å². The monoisotopic (exact) mass is 273 g/mol. The third kappa shape index (κ3) is 2.61. The number of carboxylic acids is 1. The summed E-state index contributed by atoms with van der Waals surface area (Å²) in [6.45, 7) is 0.525. The summed E-state index contributed by atoms with van der Waals surface area (Å²) in [6.07, 6.45) is 1.48. The topological polar surface area (TPSA) is 57.6 Å². The van der Waals surface area contributed by atoms with E-state index >= 15 is 0 Å². The second kappa shape index (κ2) is 5.06. The Morgan fingerprint density at radius 1 is 1.59 bits per heavy atom. The summed E-state index contributed by atoms with van der Waals surface area (Å²) in [5.74, 6) is -1.08. The van der Waals surface area contributed by atoms with E-state index in [0.29, 0.717) is 17.3 Å². The van der Waals surface area contributed by atoms with Gasteiger partial charge in [-0.3, -0.25) is 4.79 Å². The smallest absolute Gasteiger partial charge is 0.326 e. The molecule has 92 valence electrons. The lowest BCUT2D eigenvalue weighted by atomic mass is 10.2. The molecular formula is C11H12ClNO3S. The molecule has 6 heteroatoms. The Balaban J connectivity index is 2.05. The first-order chi connectivity index (χ1) is 8.09. The van der Waals surface area contributed by atoms with Gasteiger partial charge in [0.2, 0.25) is 5.91 Å². The van der Waals surface area contributed by atoms with E-state index in [2.05, 4.69) is 0 Å². The molecule has 1 saturated heterocycles. The van der Waals surface area contributed by atoms with Crippen LogP contribution < -0.4 is 0 Å². The Morgan fingerprint density at radius 3 is 2.94 bits per heavy atom. The summed E-state index contributed by atoms with van der Waals surface area (Å²) in [5, 5.41) is 10.8. The minimum atomic E-state index is -0.924. The number of halogens is 1. The number of hydrogen-bond acceptors (Lipinski definition) is 3. The Kier molecular flexibility index (Phi) is 3.69. The van der Waals surface area contributed by atoms with E-state index in [1.165, 1.54) is 16.2 Å². The highest BCUT2D eigenvalue weighted by Crippen LogP contribution is 2.25. The molecule has 2 rings (SSSR count). The molecule has 0 aromatic carbocycles. The van der Waals surface area contributed by atoms with Gasteiger partial charge in [-0.25, -0.2) is 4.79 Å². The first-order valence-electron chi connectivity index (χ1n) is 5.33. The molecule has 4 nitrogen and oxygen atoms in total. The van der Waals surface area contributed by atoms with Crippen molar-refractivity contribution < 1.29 is 14.7 Å². The second-order valence-electron chi connectivity index (χ2n) is 3.98. The van der Waals surface area contributed by atoms with Gasteiger partial charge in [0, 0.05) is 6.54 Å². The zero-order valence-corrected chi connectivity index (χ0v) is 10.6. The largest absolute Gasteiger partial charge is 0.480 e. The van der Waals surface area contributed by atoms with Crippen LogP contribution in [-0.4, -0.2) is 34.5 Å². The number of carbonyl (C=O) groups is 2. The van der Waals surface area contributed by atoms with Gasteiger partial charge < -0.3 is 10.0 Å². The Hall–Kier alpha value is -1.07. The molecule has 1 aliphatic rings. The minimum Gasteiger partial charge on any atom is -0.480 e. The molecule has 0 saturated carbocycles. The Morgan fingerprint density at radius 2 is 2.35 bits per heavy atom.